The van der Waals surface area contributed by atoms with Crippen molar-refractivity contribution in [2.75, 3.05) is 5.32 Å². The van der Waals surface area contributed by atoms with Crippen molar-refractivity contribution >= 4 is 28.3 Å². The number of aromatic nitrogens is 1. The quantitative estimate of drug-likeness (QED) is 0.823. The monoisotopic (exact) mass is 256 g/mol. The lowest BCUT2D eigenvalue weighted by molar-refractivity contribution is -0.147. The lowest BCUT2D eigenvalue weighted by Crippen LogP contribution is -2.31. The number of nitrogens with zero attached hydrogens (tertiary/aromatic N) is 1. The molecule has 19 heavy (non-hydrogen) atoms. The van der Waals surface area contributed by atoms with E-state index >= 15 is 0 Å². The first-order chi connectivity index (χ1) is 9.13. The van der Waals surface area contributed by atoms with E-state index in [2.05, 4.69) is 10.3 Å². The molecule has 0 bridgehead atoms. The number of anilines is 1. The van der Waals surface area contributed by atoms with Crippen molar-refractivity contribution in [2.45, 2.75) is 12.8 Å². The number of carbonyl (C=O) groups excluding carboxylic acids is 1. The molecule has 2 N–H and O–H groups in total. The van der Waals surface area contributed by atoms with Crippen LogP contribution in [-0.2, 0) is 9.59 Å². The number of pyridine rings is 1. The summed E-state index contributed by atoms with van der Waals surface area (Å²) in [5.74, 6) is -1.49. The molecule has 2 aromatic rings. The Hall–Kier alpha value is -2.43. The second-order valence-electron chi connectivity index (χ2n) is 4.74. The Balaban J connectivity index is 1.94. The number of amides is 1. The lowest BCUT2D eigenvalue weighted by Gasteiger charge is -2.12. The maximum atomic E-state index is 12.1. The summed E-state index contributed by atoms with van der Waals surface area (Å²) in [5.41, 5.74) is -0.604. The summed E-state index contributed by atoms with van der Waals surface area (Å²) in [6, 6.07) is 7.26. The van der Waals surface area contributed by atoms with Crippen LogP contribution in [0.25, 0.3) is 10.8 Å². The van der Waals surface area contributed by atoms with E-state index in [9.17, 15) is 9.59 Å². The van der Waals surface area contributed by atoms with Gasteiger partial charge in [0.2, 0.25) is 5.91 Å². The minimum atomic E-state index is -1.23. The zero-order chi connectivity index (χ0) is 13.5. The molecule has 96 valence electrons. The Morgan fingerprint density at radius 3 is 2.74 bits per heavy atom. The van der Waals surface area contributed by atoms with Gasteiger partial charge in [-0.2, -0.15) is 0 Å². The number of carboxylic acid groups (broad SMARTS) is 1. The van der Waals surface area contributed by atoms with Crippen LogP contribution in [0.1, 0.15) is 12.8 Å². The Bertz CT molecular complexity index is 672. The van der Waals surface area contributed by atoms with Crippen LogP contribution >= 0.6 is 0 Å². The predicted octanol–water partition coefficient (Wildman–Crippen LogP) is 2.04. The maximum absolute atomic E-state index is 12.1. The molecule has 1 fully saturated rings. The highest BCUT2D eigenvalue weighted by molar-refractivity contribution is 6.13. The molecule has 5 nitrogen and oxygen atoms in total. The van der Waals surface area contributed by atoms with Crippen molar-refractivity contribution in [3.63, 3.8) is 0 Å². The summed E-state index contributed by atoms with van der Waals surface area (Å²) in [4.78, 5) is 27.2. The first-order valence-electron chi connectivity index (χ1n) is 6.01. The number of aliphatic carboxylic acids is 1. The molecular formula is C14H12N2O3. The van der Waals surface area contributed by atoms with Crippen LogP contribution in [0, 0.1) is 5.41 Å². The molecule has 1 aromatic heterocycles. The Morgan fingerprint density at radius 2 is 2.05 bits per heavy atom. The lowest BCUT2D eigenvalue weighted by atomic mass is 10.1. The number of rotatable bonds is 3. The average molecular weight is 256 g/mol. The van der Waals surface area contributed by atoms with Crippen LogP contribution in [-0.4, -0.2) is 22.0 Å². The van der Waals surface area contributed by atoms with Crippen LogP contribution in [0.3, 0.4) is 0 Å². The maximum Gasteiger partial charge on any atom is 0.319 e. The van der Waals surface area contributed by atoms with Crippen molar-refractivity contribution in [1.29, 1.82) is 0 Å². The molecule has 1 aliphatic carbocycles. The summed E-state index contributed by atoms with van der Waals surface area (Å²) in [7, 11) is 0. The third-order valence-corrected chi connectivity index (χ3v) is 3.52. The summed E-state index contributed by atoms with van der Waals surface area (Å²) in [6.45, 7) is 0. The number of hydrogen-bond acceptors (Lipinski definition) is 3. The molecule has 5 heteroatoms. The minimum absolute atomic E-state index is 0.403. The Kier molecular flexibility index (Phi) is 2.48. The van der Waals surface area contributed by atoms with Crippen molar-refractivity contribution in [3.8, 4) is 0 Å². The van der Waals surface area contributed by atoms with E-state index in [1.54, 1.807) is 30.6 Å². The summed E-state index contributed by atoms with van der Waals surface area (Å²) in [5, 5.41) is 13.6. The first kappa shape index (κ1) is 11.6. The number of benzene rings is 1. The van der Waals surface area contributed by atoms with Crippen LogP contribution in [0.5, 0.6) is 0 Å². The SMILES string of the molecule is O=C(O)C1(C(=O)Nc2cccc3cnccc23)CC1. The van der Waals surface area contributed by atoms with Crippen molar-refractivity contribution in [3.05, 3.63) is 36.7 Å². The molecule has 0 radical (unpaired) electrons. The van der Waals surface area contributed by atoms with Crippen LogP contribution in [0.2, 0.25) is 0 Å². The second-order valence-corrected chi connectivity index (χ2v) is 4.74. The fourth-order valence-electron chi connectivity index (χ4n) is 2.14. The van der Waals surface area contributed by atoms with E-state index in [0.29, 0.717) is 18.5 Å². The molecule has 1 aromatic carbocycles. The van der Waals surface area contributed by atoms with Gasteiger partial charge in [0.05, 0.1) is 0 Å². The molecular weight excluding hydrogens is 244 g/mol. The largest absolute Gasteiger partial charge is 0.480 e. The number of hydrogen-bond donors (Lipinski definition) is 2. The minimum Gasteiger partial charge on any atom is -0.480 e. The van der Waals surface area contributed by atoms with E-state index in [1.165, 1.54) is 0 Å². The molecule has 1 heterocycles. The van der Waals surface area contributed by atoms with Gasteiger partial charge < -0.3 is 10.4 Å². The standard InChI is InChI=1S/C14H12N2O3/c17-12(14(5-6-14)13(18)19)16-11-3-1-2-9-8-15-7-4-10(9)11/h1-4,7-8H,5-6H2,(H,16,17)(H,18,19). The topological polar surface area (TPSA) is 79.3 Å². The molecule has 0 aliphatic heterocycles. The van der Waals surface area contributed by atoms with Crippen molar-refractivity contribution in [1.82, 2.24) is 4.98 Å². The van der Waals surface area contributed by atoms with Gasteiger partial charge in [0.15, 0.2) is 0 Å². The smallest absolute Gasteiger partial charge is 0.319 e. The highest BCUT2D eigenvalue weighted by Gasteiger charge is 2.57. The molecule has 0 saturated heterocycles. The number of carboxylic acids is 1. The van der Waals surface area contributed by atoms with Gasteiger partial charge in [0, 0.05) is 28.9 Å². The third-order valence-electron chi connectivity index (χ3n) is 3.52. The summed E-state index contributed by atoms with van der Waals surface area (Å²) < 4.78 is 0. The molecule has 1 saturated carbocycles. The van der Waals surface area contributed by atoms with Gasteiger partial charge >= 0.3 is 5.97 Å². The van der Waals surface area contributed by atoms with Crippen LogP contribution in [0.15, 0.2) is 36.7 Å². The predicted molar refractivity (Wildman–Crippen MR) is 69.7 cm³/mol. The number of nitrogens with one attached hydrogen (secondary N) is 1. The van der Waals surface area contributed by atoms with Crippen LogP contribution < -0.4 is 5.32 Å². The van der Waals surface area contributed by atoms with Gasteiger partial charge in [-0.3, -0.25) is 14.6 Å². The van der Waals surface area contributed by atoms with Crippen LogP contribution in [0.4, 0.5) is 5.69 Å². The Morgan fingerprint density at radius 1 is 1.26 bits per heavy atom. The Labute approximate surface area is 109 Å². The van der Waals surface area contributed by atoms with E-state index in [0.717, 1.165) is 10.8 Å². The summed E-state index contributed by atoms with van der Waals surface area (Å²) in [6.07, 6.45) is 4.15. The van der Waals surface area contributed by atoms with Gasteiger partial charge in [-0.05, 0) is 25.0 Å². The number of carbonyl (C=O) groups is 2. The fraction of sp³-hybridized carbons (Fsp3) is 0.214. The van der Waals surface area contributed by atoms with Gasteiger partial charge in [0.25, 0.3) is 0 Å². The highest BCUT2D eigenvalue weighted by atomic mass is 16.4. The molecule has 1 amide bonds. The van der Waals surface area contributed by atoms with Crippen molar-refractivity contribution in [2.24, 2.45) is 5.41 Å². The molecule has 0 atom stereocenters. The fourth-order valence-corrected chi connectivity index (χ4v) is 2.14. The van der Waals surface area contributed by atoms with E-state index in [4.69, 9.17) is 5.11 Å². The van der Waals surface area contributed by atoms with Gasteiger partial charge in [-0.25, -0.2) is 0 Å². The van der Waals surface area contributed by atoms with Gasteiger partial charge in [0.1, 0.15) is 5.41 Å². The zero-order valence-electron chi connectivity index (χ0n) is 10.1. The molecule has 3 rings (SSSR count). The third kappa shape index (κ3) is 1.83. The zero-order valence-corrected chi connectivity index (χ0v) is 10.1. The normalized spacial score (nSPS) is 16.0. The highest BCUT2D eigenvalue weighted by Crippen LogP contribution is 2.47. The van der Waals surface area contributed by atoms with Gasteiger partial charge in [-0.1, -0.05) is 12.1 Å². The molecule has 1 aliphatic rings. The number of fused-ring (bicyclic) bond motifs is 1. The summed E-state index contributed by atoms with van der Waals surface area (Å²) >= 11 is 0. The van der Waals surface area contributed by atoms with Gasteiger partial charge in [-0.15, -0.1) is 0 Å². The van der Waals surface area contributed by atoms with E-state index in [-0.39, 0.29) is 0 Å². The average Bonchev–Trinajstić information content (AvgIpc) is 3.20. The van der Waals surface area contributed by atoms with Crippen molar-refractivity contribution < 1.29 is 14.7 Å². The molecule has 0 unspecified atom stereocenters. The van der Waals surface area contributed by atoms with E-state index in [1.807, 2.05) is 6.07 Å². The second kappa shape index (κ2) is 4.05. The molecule has 0 spiro atoms. The van der Waals surface area contributed by atoms with E-state index < -0.39 is 17.3 Å². The first-order valence-corrected chi connectivity index (χ1v) is 6.01.